The first-order chi connectivity index (χ1) is 20.4. The number of aliphatic hydroxyl groups excluding tert-OH is 1. The summed E-state index contributed by atoms with van der Waals surface area (Å²) in [6, 6.07) is 9.60. The number of nitrogens with one attached hydrogen (secondary N) is 1. The van der Waals surface area contributed by atoms with Crippen LogP contribution >= 0.6 is 0 Å². The highest BCUT2D eigenvalue weighted by molar-refractivity contribution is 6.04. The van der Waals surface area contributed by atoms with E-state index in [1.807, 2.05) is 31.2 Å². The molecule has 2 bridgehead atoms. The quantitative estimate of drug-likeness (QED) is 0.245. The predicted molar refractivity (Wildman–Crippen MR) is 158 cm³/mol. The van der Waals surface area contributed by atoms with Gasteiger partial charge in [0.25, 0.3) is 0 Å². The Bertz CT molecular complexity index is 1820. The van der Waals surface area contributed by atoms with E-state index >= 15 is 4.39 Å². The van der Waals surface area contributed by atoms with Gasteiger partial charge < -0.3 is 30.5 Å². The number of ether oxygens (including phenoxy) is 2. The number of aromatic nitrogens is 3. The molecule has 214 valence electrons. The molecule has 4 atom stereocenters. The largest absolute Gasteiger partial charge is 0.472 e. The first-order valence-electron chi connectivity index (χ1n) is 14.5. The van der Waals surface area contributed by atoms with Crippen LogP contribution in [0.5, 0.6) is 11.9 Å². The first kappa shape index (κ1) is 25.5. The lowest BCUT2D eigenvalue weighted by Gasteiger charge is -2.42. The van der Waals surface area contributed by atoms with Crippen LogP contribution in [0.4, 0.5) is 15.9 Å². The molecule has 10 heteroatoms. The number of fused-ring (bicyclic) bond motifs is 6. The Hall–Kier alpha value is -4.20. The fourth-order valence-corrected chi connectivity index (χ4v) is 7.03. The minimum Gasteiger partial charge on any atom is -0.472 e. The summed E-state index contributed by atoms with van der Waals surface area (Å²) in [6.07, 6.45) is 9.41. The standard InChI is InChI=1S/C32H31FN6O3/c1-3-17-5-4-6-18-11-19(34)12-21(23(17)18)26-25(33)27-24-29(38-31(37-27)41-15-32(14-40)9-10-32)39-13-20-7-8-22(35-20)28(39)16(2)42-30(24)36-26/h1,4-6,11-12,16,20,22,28,35,40H,7-10,13-15,34H2,2H3/t16-,20+,22-,28+/m0/s1. The van der Waals surface area contributed by atoms with E-state index in [9.17, 15) is 5.11 Å². The van der Waals surface area contributed by atoms with Gasteiger partial charge in [-0.15, -0.1) is 6.42 Å². The molecule has 1 saturated carbocycles. The number of nitrogens with zero attached hydrogens (tertiary/aromatic N) is 4. The first-order valence-corrected chi connectivity index (χ1v) is 14.5. The molecule has 4 aliphatic rings. The van der Waals surface area contributed by atoms with Crippen molar-refractivity contribution >= 4 is 33.2 Å². The van der Waals surface area contributed by atoms with E-state index in [1.54, 1.807) is 6.07 Å². The Kier molecular flexibility index (Phi) is 5.56. The highest BCUT2D eigenvalue weighted by Gasteiger charge is 2.47. The van der Waals surface area contributed by atoms with Gasteiger partial charge in [0.1, 0.15) is 28.5 Å². The van der Waals surface area contributed by atoms with Crippen LogP contribution in [0.1, 0.15) is 38.2 Å². The molecule has 1 aliphatic carbocycles. The molecule has 3 aliphatic heterocycles. The second-order valence-corrected chi connectivity index (χ2v) is 12.2. The molecular weight excluding hydrogens is 535 g/mol. The highest BCUT2D eigenvalue weighted by atomic mass is 19.1. The maximum Gasteiger partial charge on any atom is 0.319 e. The molecule has 42 heavy (non-hydrogen) atoms. The zero-order chi connectivity index (χ0) is 28.7. The lowest BCUT2D eigenvalue weighted by molar-refractivity contribution is 0.140. The van der Waals surface area contributed by atoms with Crippen LogP contribution in [-0.4, -0.2) is 64.0 Å². The summed E-state index contributed by atoms with van der Waals surface area (Å²) >= 11 is 0. The Balaban J connectivity index is 1.38. The molecule has 2 saturated heterocycles. The molecule has 0 radical (unpaired) electrons. The number of hydrogen-bond donors (Lipinski definition) is 3. The van der Waals surface area contributed by atoms with E-state index in [0.29, 0.717) is 46.0 Å². The molecule has 2 aromatic carbocycles. The summed E-state index contributed by atoms with van der Waals surface area (Å²) in [6.45, 7) is 3.01. The van der Waals surface area contributed by atoms with E-state index in [1.165, 1.54) is 0 Å². The number of aliphatic hydroxyl groups is 1. The third-order valence-corrected chi connectivity index (χ3v) is 9.44. The van der Waals surface area contributed by atoms with Crippen molar-refractivity contribution in [2.24, 2.45) is 5.41 Å². The molecule has 0 spiro atoms. The minimum absolute atomic E-state index is 0.0224. The van der Waals surface area contributed by atoms with Crippen molar-refractivity contribution in [2.45, 2.75) is 56.8 Å². The van der Waals surface area contributed by atoms with Crippen LogP contribution in [0.15, 0.2) is 30.3 Å². The maximum absolute atomic E-state index is 16.9. The van der Waals surface area contributed by atoms with Gasteiger partial charge in [-0.05, 0) is 56.2 Å². The second kappa shape index (κ2) is 9.15. The van der Waals surface area contributed by atoms with Crippen molar-refractivity contribution in [1.29, 1.82) is 0 Å². The summed E-state index contributed by atoms with van der Waals surface area (Å²) in [4.78, 5) is 16.5. The topological polar surface area (TPSA) is 119 Å². The monoisotopic (exact) mass is 566 g/mol. The number of hydrogen-bond acceptors (Lipinski definition) is 9. The van der Waals surface area contributed by atoms with Gasteiger partial charge in [-0.25, -0.2) is 9.37 Å². The van der Waals surface area contributed by atoms with Crippen LogP contribution in [0.2, 0.25) is 0 Å². The average Bonchev–Trinajstić information content (AvgIpc) is 3.71. The van der Waals surface area contributed by atoms with Gasteiger partial charge >= 0.3 is 6.01 Å². The summed E-state index contributed by atoms with van der Waals surface area (Å²) in [5, 5.41) is 15.5. The third-order valence-electron chi connectivity index (χ3n) is 9.44. The molecule has 2 aromatic heterocycles. The van der Waals surface area contributed by atoms with Crippen LogP contribution in [0.3, 0.4) is 0 Å². The van der Waals surface area contributed by atoms with Crippen LogP contribution in [-0.2, 0) is 0 Å². The Morgan fingerprint density at radius 2 is 2.10 bits per heavy atom. The summed E-state index contributed by atoms with van der Waals surface area (Å²) in [5.74, 6) is 2.92. The summed E-state index contributed by atoms with van der Waals surface area (Å²) < 4.78 is 29.5. The van der Waals surface area contributed by atoms with E-state index < -0.39 is 5.82 Å². The van der Waals surface area contributed by atoms with Gasteiger partial charge in [0.15, 0.2) is 5.82 Å². The molecule has 3 fully saturated rings. The molecule has 4 N–H and O–H groups in total. The van der Waals surface area contributed by atoms with Gasteiger partial charge in [0.05, 0.1) is 19.3 Å². The Labute approximate surface area is 242 Å². The maximum atomic E-state index is 16.9. The number of terminal acetylenes is 1. The molecule has 4 aromatic rings. The van der Waals surface area contributed by atoms with Gasteiger partial charge in [-0.3, -0.25) is 0 Å². The van der Waals surface area contributed by atoms with Gasteiger partial charge in [-0.1, -0.05) is 18.1 Å². The second-order valence-electron chi connectivity index (χ2n) is 12.2. The number of benzene rings is 2. The van der Waals surface area contributed by atoms with Crippen molar-refractivity contribution in [3.63, 3.8) is 0 Å². The van der Waals surface area contributed by atoms with E-state index in [2.05, 4.69) is 21.1 Å². The minimum atomic E-state index is -0.628. The molecule has 0 amide bonds. The van der Waals surface area contributed by atoms with E-state index in [-0.39, 0.29) is 59.9 Å². The number of piperazine rings is 1. The van der Waals surface area contributed by atoms with Crippen molar-refractivity contribution in [1.82, 2.24) is 20.3 Å². The normalized spacial score (nSPS) is 25.0. The number of rotatable bonds is 5. The SMILES string of the molecule is C#Cc1cccc2cc(N)cc(-c3nc4c5c(nc(OCC6(CO)CC6)nc5c3F)N3C[C@H]5CC[C@H](N5)[C@H]3[C@H](C)O4)c12. The fourth-order valence-electron chi connectivity index (χ4n) is 7.03. The van der Waals surface area contributed by atoms with Gasteiger partial charge in [0.2, 0.25) is 5.88 Å². The smallest absolute Gasteiger partial charge is 0.319 e. The number of halogens is 1. The van der Waals surface area contributed by atoms with E-state index in [4.69, 9.17) is 31.6 Å². The fraction of sp³-hybridized carbons (Fsp3) is 0.406. The number of anilines is 2. The summed E-state index contributed by atoms with van der Waals surface area (Å²) in [7, 11) is 0. The Morgan fingerprint density at radius 1 is 1.24 bits per heavy atom. The molecule has 8 rings (SSSR count). The van der Waals surface area contributed by atoms with Crippen LogP contribution in [0, 0.1) is 23.6 Å². The number of nitrogen functional groups attached to an aromatic ring is 1. The van der Waals surface area contributed by atoms with Crippen molar-refractivity contribution in [3.05, 3.63) is 41.7 Å². The Morgan fingerprint density at radius 3 is 2.88 bits per heavy atom. The van der Waals surface area contributed by atoms with Gasteiger partial charge in [0, 0.05) is 46.2 Å². The van der Waals surface area contributed by atoms with Crippen LogP contribution in [0.25, 0.3) is 32.9 Å². The highest BCUT2D eigenvalue weighted by Crippen LogP contribution is 2.47. The van der Waals surface area contributed by atoms with E-state index in [0.717, 1.165) is 31.1 Å². The van der Waals surface area contributed by atoms with Crippen LogP contribution < -0.4 is 25.4 Å². The zero-order valence-corrected chi connectivity index (χ0v) is 23.2. The molecule has 5 heterocycles. The molecular formula is C32H31FN6O3. The molecule has 9 nitrogen and oxygen atoms in total. The predicted octanol–water partition coefficient (Wildman–Crippen LogP) is 3.79. The third kappa shape index (κ3) is 3.80. The lowest BCUT2D eigenvalue weighted by Crippen LogP contribution is -2.62. The number of pyridine rings is 1. The van der Waals surface area contributed by atoms with Crippen molar-refractivity contribution in [3.8, 4) is 35.5 Å². The summed E-state index contributed by atoms with van der Waals surface area (Å²) in [5.41, 5.74) is 7.65. The average molecular weight is 567 g/mol. The van der Waals surface area contributed by atoms with Gasteiger partial charge in [-0.2, -0.15) is 9.97 Å². The number of nitrogens with two attached hydrogens (primary N) is 1. The lowest BCUT2D eigenvalue weighted by atomic mass is 9.96. The zero-order valence-electron chi connectivity index (χ0n) is 23.2. The van der Waals surface area contributed by atoms with Crippen molar-refractivity contribution < 1.29 is 19.0 Å². The van der Waals surface area contributed by atoms with Crippen molar-refractivity contribution in [2.75, 3.05) is 30.4 Å². The molecule has 0 unspecified atom stereocenters.